The third-order valence-corrected chi connectivity index (χ3v) is 6.25. The normalized spacial score (nSPS) is 27.2. The number of piperidine rings is 1. The van der Waals surface area contributed by atoms with Crippen LogP contribution in [-0.2, 0) is 11.8 Å². The van der Waals surface area contributed by atoms with E-state index in [1.54, 1.807) is 0 Å². The molecule has 0 N–H and O–H groups in total. The van der Waals surface area contributed by atoms with Gasteiger partial charge in [-0.3, -0.25) is 9.48 Å². The van der Waals surface area contributed by atoms with Crippen molar-refractivity contribution in [1.82, 2.24) is 14.7 Å². The monoisotopic (exact) mass is 307 g/mol. The molecule has 1 aromatic rings. The molecule has 116 valence electrons. The highest BCUT2D eigenvalue weighted by Gasteiger charge is 2.36. The number of rotatable bonds is 3. The fourth-order valence-electron chi connectivity index (χ4n) is 3.81. The van der Waals surface area contributed by atoms with E-state index in [-0.39, 0.29) is 5.92 Å². The molecule has 1 aromatic heterocycles. The molecule has 0 spiro atoms. The van der Waals surface area contributed by atoms with Gasteiger partial charge in [-0.2, -0.15) is 16.9 Å². The van der Waals surface area contributed by atoms with Gasteiger partial charge in [-0.15, -0.1) is 0 Å². The lowest BCUT2D eigenvalue weighted by Gasteiger charge is -2.34. The van der Waals surface area contributed by atoms with Gasteiger partial charge in [0.1, 0.15) is 0 Å². The zero-order valence-electron chi connectivity index (χ0n) is 13.0. The summed E-state index contributed by atoms with van der Waals surface area (Å²) in [6, 6.07) is 0. The number of aromatic nitrogens is 2. The molecule has 1 aliphatic heterocycles. The van der Waals surface area contributed by atoms with E-state index in [2.05, 4.69) is 22.5 Å². The summed E-state index contributed by atoms with van der Waals surface area (Å²) in [4.78, 5) is 14.8. The predicted molar refractivity (Wildman–Crippen MR) is 86.4 cm³/mol. The van der Waals surface area contributed by atoms with Crippen molar-refractivity contribution >= 4 is 17.7 Å². The van der Waals surface area contributed by atoms with Gasteiger partial charge in [0.15, 0.2) is 0 Å². The van der Waals surface area contributed by atoms with Crippen LogP contribution in [0.5, 0.6) is 0 Å². The Balaban J connectivity index is 1.57. The minimum Gasteiger partial charge on any atom is -0.342 e. The number of aryl methyl sites for hydroxylation is 1. The topological polar surface area (TPSA) is 38.1 Å². The van der Waals surface area contributed by atoms with Gasteiger partial charge >= 0.3 is 0 Å². The fraction of sp³-hybridized carbons (Fsp3) is 0.750. The summed E-state index contributed by atoms with van der Waals surface area (Å²) >= 11 is 1.87. The van der Waals surface area contributed by atoms with Gasteiger partial charge in [0.25, 0.3) is 0 Å². The summed E-state index contributed by atoms with van der Waals surface area (Å²) in [5, 5.41) is 4.81. The third kappa shape index (κ3) is 3.12. The summed E-state index contributed by atoms with van der Waals surface area (Å²) in [7, 11) is 1.96. The summed E-state index contributed by atoms with van der Waals surface area (Å²) in [5.41, 5.74) is 1.33. The van der Waals surface area contributed by atoms with Crippen LogP contribution in [0.15, 0.2) is 12.4 Å². The van der Waals surface area contributed by atoms with E-state index in [1.807, 2.05) is 29.7 Å². The minimum atomic E-state index is 0.273. The van der Waals surface area contributed by atoms with Crippen LogP contribution >= 0.6 is 11.8 Å². The molecule has 0 aromatic carbocycles. The number of nitrogens with zero attached hydrogens (tertiary/aromatic N) is 3. The van der Waals surface area contributed by atoms with Crippen LogP contribution in [0.2, 0.25) is 0 Å². The second kappa shape index (κ2) is 6.42. The molecule has 1 aliphatic carbocycles. The molecule has 2 aliphatic rings. The number of amides is 1. The van der Waals surface area contributed by atoms with Crippen molar-refractivity contribution in [3.63, 3.8) is 0 Å². The van der Waals surface area contributed by atoms with Gasteiger partial charge in [0.2, 0.25) is 5.91 Å². The lowest BCUT2D eigenvalue weighted by Crippen LogP contribution is -2.42. The number of thioether (sulfide) groups is 1. The van der Waals surface area contributed by atoms with Crippen molar-refractivity contribution in [3.8, 4) is 0 Å². The van der Waals surface area contributed by atoms with Crippen LogP contribution in [0, 0.1) is 5.92 Å². The van der Waals surface area contributed by atoms with Crippen LogP contribution in [0.1, 0.15) is 43.6 Å². The highest BCUT2D eigenvalue weighted by atomic mass is 32.2. The van der Waals surface area contributed by atoms with Gasteiger partial charge < -0.3 is 4.90 Å². The summed E-state index contributed by atoms with van der Waals surface area (Å²) < 4.78 is 1.87. The predicted octanol–water partition coefficient (Wildman–Crippen LogP) is 2.66. The number of hydrogen-bond acceptors (Lipinski definition) is 3. The van der Waals surface area contributed by atoms with Crippen LogP contribution in [-0.4, -0.2) is 45.2 Å². The zero-order chi connectivity index (χ0) is 14.8. The van der Waals surface area contributed by atoms with Crippen LogP contribution < -0.4 is 0 Å². The Hall–Kier alpha value is -0.970. The third-order valence-electron chi connectivity index (χ3n) is 5.08. The Kier molecular flexibility index (Phi) is 4.57. The lowest BCUT2D eigenvalue weighted by molar-refractivity contribution is -0.136. The molecule has 5 heteroatoms. The quantitative estimate of drug-likeness (QED) is 0.861. The van der Waals surface area contributed by atoms with E-state index in [9.17, 15) is 4.79 Å². The molecule has 2 atom stereocenters. The molecule has 21 heavy (non-hydrogen) atoms. The lowest BCUT2D eigenvalue weighted by atomic mass is 9.91. The highest BCUT2D eigenvalue weighted by Crippen LogP contribution is 2.36. The summed E-state index contributed by atoms with van der Waals surface area (Å²) in [6.07, 6.45) is 11.9. The molecule has 2 unspecified atom stereocenters. The van der Waals surface area contributed by atoms with Crippen molar-refractivity contribution in [1.29, 1.82) is 0 Å². The Morgan fingerprint density at radius 2 is 2.05 bits per heavy atom. The Bertz CT molecular complexity index is 493. The summed E-state index contributed by atoms with van der Waals surface area (Å²) in [6.45, 7) is 1.83. The van der Waals surface area contributed by atoms with E-state index in [4.69, 9.17) is 0 Å². The Morgan fingerprint density at radius 1 is 1.29 bits per heavy atom. The highest BCUT2D eigenvalue weighted by molar-refractivity contribution is 7.99. The SMILES string of the molecule is CSC1CCCC1C(=O)N1CCC(c2cnn(C)c2)CC1. The van der Waals surface area contributed by atoms with E-state index >= 15 is 0 Å². The average Bonchev–Trinajstić information content (AvgIpc) is 3.15. The minimum absolute atomic E-state index is 0.273. The molecule has 1 amide bonds. The average molecular weight is 307 g/mol. The molecular formula is C16H25N3OS. The van der Waals surface area contributed by atoms with Crippen molar-refractivity contribution in [2.45, 2.75) is 43.3 Å². The molecule has 4 nitrogen and oxygen atoms in total. The van der Waals surface area contributed by atoms with Crippen LogP contribution in [0.25, 0.3) is 0 Å². The molecule has 0 radical (unpaired) electrons. The van der Waals surface area contributed by atoms with Crippen LogP contribution in [0.3, 0.4) is 0 Å². The first-order valence-electron chi connectivity index (χ1n) is 7.99. The largest absolute Gasteiger partial charge is 0.342 e. The first kappa shape index (κ1) is 14.9. The van der Waals surface area contributed by atoms with Gasteiger partial charge in [-0.25, -0.2) is 0 Å². The van der Waals surface area contributed by atoms with E-state index in [0.29, 0.717) is 17.1 Å². The maximum Gasteiger partial charge on any atom is 0.226 e. The molecule has 0 bridgehead atoms. The van der Waals surface area contributed by atoms with Gasteiger partial charge in [-0.1, -0.05) is 6.42 Å². The first-order chi connectivity index (χ1) is 10.2. The number of carbonyl (C=O) groups is 1. The van der Waals surface area contributed by atoms with Crippen molar-refractivity contribution in [2.75, 3.05) is 19.3 Å². The standard InChI is InChI=1S/C16H25N3OS/c1-18-11-13(10-17-18)12-6-8-19(9-7-12)16(20)14-4-3-5-15(14)21-2/h10-12,14-15H,3-9H2,1-2H3. The van der Waals surface area contributed by atoms with Gasteiger partial charge in [0.05, 0.1) is 6.20 Å². The van der Waals surface area contributed by atoms with Crippen LogP contribution in [0.4, 0.5) is 0 Å². The van der Waals surface area contributed by atoms with E-state index < -0.39 is 0 Å². The zero-order valence-corrected chi connectivity index (χ0v) is 13.8. The van der Waals surface area contributed by atoms with Crippen molar-refractivity contribution < 1.29 is 4.79 Å². The molecule has 2 fully saturated rings. The number of likely N-dealkylation sites (tertiary alicyclic amines) is 1. The molecule has 1 saturated carbocycles. The maximum atomic E-state index is 12.7. The second-order valence-electron chi connectivity index (χ2n) is 6.36. The smallest absolute Gasteiger partial charge is 0.226 e. The van der Waals surface area contributed by atoms with Crippen molar-refractivity contribution in [2.24, 2.45) is 13.0 Å². The molecular weight excluding hydrogens is 282 g/mol. The van der Waals surface area contributed by atoms with Gasteiger partial charge in [-0.05, 0) is 43.4 Å². The van der Waals surface area contributed by atoms with E-state index in [0.717, 1.165) is 32.4 Å². The number of carbonyl (C=O) groups excluding carboxylic acids is 1. The molecule has 1 saturated heterocycles. The maximum absolute atomic E-state index is 12.7. The fourth-order valence-corrected chi connectivity index (χ4v) is 4.79. The van der Waals surface area contributed by atoms with Gasteiger partial charge in [0, 0.05) is 37.5 Å². The first-order valence-corrected chi connectivity index (χ1v) is 9.28. The van der Waals surface area contributed by atoms with E-state index in [1.165, 1.54) is 18.4 Å². The summed E-state index contributed by atoms with van der Waals surface area (Å²) in [5.74, 6) is 1.26. The van der Waals surface area contributed by atoms with Crippen molar-refractivity contribution in [3.05, 3.63) is 18.0 Å². The second-order valence-corrected chi connectivity index (χ2v) is 7.44. The number of hydrogen-bond donors (Lipinski definition) is 0. The molecule has 3 rings (SSSR count). The Morgan fingerprint density at radius 3 is 2.67 bits per heavy atom. The molecule has 2 heterocycles. The Labute approximate surface area is 131 Å².